The van der Waals surface area contributed by atoms with Crippen molar-refractivity contribution in [2.45, 2.75) is 20.0 Å². The van der Waals surface area contributed by atoms with E-state index < -0.39 is 22.9 Å². The summed E-state index contributed by atoms with van der Waals surface area (Å²) in [4.78, 5) is 40.0. The van der Waals surface area contributed by atoms with Crippen LogP contribution in [0.1, 0.15) is 23.0 Å². The predicted octanol–water partition coefficient (Wildman–Crippen LogP) is 3.88. The molecule has 0 radical (unpaired) electrons. The van der Waals surface area contributed by atoms with Crippen molar-refractivity contribution in [3.8, 4) is 11.5 Å². The third-order valence-electron chi connectivity index (χ3n) is 4.59. The quantitative estimate of drug-likeness (QED) is 0.270. The van der Waals surface area contributed by atoms with Gasteiger partial charge >= 0.3 is 5.97 Å². The van der Waals surface area contributed by atoms with Gasteiger partial charge in [-0.3, -0.25) is 14.9 Å². The number of non-ortho nitro benzene ring substituents is 1. The van der Waals surface area contributed by atoms with Gasteiger partial charge in [0.25, 0.3) is 17.3 Å². The van der Waals surface area contributed by atoms with Gasteiger partial charge in [-0.2, -0.15) is 0 Å². The number of nitrogens with zero attached hydrogens (tertiary/aromatic N) is 3. The van der Waals surface area contributed by atoms with E-state index in [1.54, 1.807) is 19.1 Å². The highest BCUT2D eigenvalue weighted by Crippen LogP contribution is 2.28. The molecule has 1 amide bonds. The number of hydrogen-bond donors (Lipinski definition) is 1. The topological polar surface area (TPSA) is 151 Å². The van der Waals surface area contributed by atoms with E-state index in [0.29, 0.717) is 22.5 Å². The number of aromatic nitrogens is 2. The normalized spacial score (nSPS) is 11.8. The number of ether oxygens (including phenoxy) is 1. The van der Waals surface area contributed by atoms with E-state index >= 15 is 0 Å². The van der Waals surface area contributed by atoms with E-state index in [2.05, 4.69) is 15.5 Å². The van der Waals surface area contributed by atoms with Crippen molar-refractivity contribution in [3.05, 3.63) is 70.1 Å². The Bertz CT molecular complexity index is 1330. The third-order valence-corrected chi connectivity index (χ3v) is 4.59. The minimum Gasteiger partial charge on any atom is -0.463 e. The summed E-state index contributed by atoms with van der Waals surface area (Å²) in [5.74, 6) is -1.04. The maximum atomic E-state index is 12.9. The van der Waals surface area contributed by atoms with Crippen LogP contribution in [0.25, 0.3) is 22.6 Å². The van der Waals surface area contributed by atoms with Crippen LogP contribution >= 0.6 is 0 Å². The number of esters is 1. The number of hydrogen-bond acceptors (Lipinski definition) is 9. The smallest absolute Gasteiger partial charge is 0.339 e. The zero-order valence-corrected chi connectivity index (χ0v) is 16.9. The highest BCUT2D eigenvalue weighted by molar-refractivity contribution is 6.05. The summed E-state index contributed by atoms with van der Waals surface area (Å²) in [6.45, 7) is 3.03. The summed E-state index contributed by atoms with van der Waals surface area (Å²) in [7, 11) is 0. The maximum Gasteiger partial charge on any atom is 0.339 e. The number of aryl methyl sites for hydroxylation is 1. The van der Waals surface area contributed by atoms with Crippen LogP contribution in [0.3, 0.4) is 0 Å². The number of amides is 1. The van der Waals surface area contributed by atoms with E-state index in [9.17, 15) is 19.7 Å². The maximum absolute atomic E-state index is 12.9. The Balaban J connectivity index is 1.57. The van der Waals surface area contributed by atoms with Crippen molar-refractivity contribution in [2.24, 2.45) is 0 Å². The van der Waals surface area contributed by atoms with Crippen molar-refractivity contribution >= 4 is 34.4 Å². The van der Waals surface area contributed by atoms with E-state index in [1.807, 2.05) is 0 Å². The predicted molar refractivity (Wildman–Crippen MR) is 111 cm³/mol. The fraction of sp³-hybridized carbons (Fsp3) is 0.143. The minimum absolute atomic E-state index is 0.107. The molecule has 11 heteroatoms. The first kappa shape index (κ1) is 20.7. The van der Waals surface area contributed by atoms with E-state index in [0.717, 1.165) is 0 Å². The molecule has 1 atom stereocenters. The molecular formula is C21H16N4O7. The van der Waals surface area contributed by atoms with Gasteiger partial charge in [-0.1, -0.05) is 11.2 Å². The fourth-order valence-electron chi connectivity index (χ4n) is 3.02. The number of anilines is 1. The monoisotopic (exact) mass is 436 g/mol. The molecule has 0 aliphatic rings. The number of rotatable bonds is 6. The summed E-state index contributed by atoms with van der Waals surface area (Å²) in [6, 6.07) is 10.2. The average Bonchev–Trinajstić information content (AvgIpc) is 3.43. The zero-order chi connectivity index (χ0) is 22.8. The summed E-state index contributed by atoms with van der Waals surface area (Å²) in [5.41, 5.74) is 1.01. The van der Waals surface area contributed by atoms with Crippen molar-refractivity contribution in [2.75, 3.05) is 5.32 Å². The molecule has 162 valence electrons. The molecule has 0 aliphatic carbocycles. The lowest BCUT2D eigenvalue weighted by molar-refractivity contribution is -0.384. The Morgan fingerprint density at radius 1 is 1.22 bits per heavy atom. The molecule has 1 aromatic carbocycles. The first-order chi connectivity index (χ1) is 15.3. The summed E-state index contributed by atoms with van der Waals surface area (Å²) in [6.07, 6.45) is 0.266. The molecular weight excluding hydrogens is 420 g/mol. The fourth-order valence-corrected chi connectivity index (χ4v) is 3.02. The number of carbonyl (C=O) groups excluding carboxylic acids is 2. The molecule has 3 heterocycles. The van der Waals surface area contributed by atoms with E-state index in [1.165, 1.54) is 43.5 Å². The standard InChI is InChI=1S/C21H16N4O7/c1-11-18-15(10-16(17-7-4-8-30-17)23-20(18)32-24-11)21(27)31-12(2)19(26)22-13-5-3-6-14(9-13)25(28)29/h3-10,12H,1-2H3,(H,22,26). The van der Waals surface area contributed by atoms with Gasteiger partial charge in [-0.25, -0.2) is 9.78 Å². The highest BCUT2D eigenvalue weighted by Gasteiger charge is 2.25. The van der Waals surface area contributed by atoms with E-state index in [-0.39, 0.29) is 22.7 Å². The summed E-state index contributed by atoms with van der Waals surface area (Å²) in [5, 5.41) is 17.6. The molecule has 3 aromatic heterocycles. The number of benzene rings is 1. The third kappa shape index (κ3) is 4.03. The molecule has 11 nitrogen and oxygen atoms in total. The molecule has 1 unspecified atom stereocenters. The molecule has 1 N–H and O–H groups in total. The number of carbonyl (C=O) groups is 2. The Hall–Kier alpha value is -4.54. The molecule has 4 aromatic rings. The molecule has 32 heavy (non-hydrogen) atoms. The molecule has 0 saturated heterocycles. The minimum atomic E-state index is -1.20. The Kier molecular flexibility index (Phi) is 5.37. The van der Waals surface area contributed by atoms with Crippen molar-refractivity contribution in [3.63, 3.8) is 0 Å². The van der Waals surface area contributed by atoms with E-state index in [4.69, 9.17) is 13.7 Å². The van der Waals surface area contributed by atoms with Crippen LogP contribution in [-0.4, -0.2) is 33.0 Å². The lowest BCUT2D eigenvalue weighted by Gasteiger charge is -2.14. The summed E-state index contributed by atoms with van der Waals surface area (Å²) < 4.78 is 15.9. The van der Waals surface area contributed by atoms with Crippen LogP contribution in [-0.2, 0) is 9.53 Å². The molecule has 0 spiro atoms. The van der Waals surface area contributed by atoms with Crippen molar-refractivity contribution < 1.29 is 28.2 Å². The van der Waals surface area contributed by atoms with Gasteiger partial charge < -0.3 is 19.0 Å². The van der Waals surface area contributed by atoms with Crippen LogP contribution in [0.2, 0.25) is 0 Å². The Morgan fingerprint density at radius 2 is 2.03 bits per heavy atom. The molecule has 0 bridgehead atoms. The van der Waals surface area contributed by atoms with Gasteiger partial charge in [0.05, 0.1) is 27.8 Å². The Morgan fingerprint density at radius 3 is 2.75 bits per heavy atom. The number of nitro groups is 1. The van der Waals surface area contributed by atoms with Crippen molar-refractivity contribution in [1.29, 1.82) is 0 Å². The molecule has 0 fully saturated rings. The second-order valence-electron chi connectivity index (χ2n) is 6.82. The molecule has 0 saturated carbocycles. The van der Waals surface area contributed by atoms with Gasteiger partial charge in [0.1, 0.15) is 5.69 Å². The second kappa shape index (κ2) is 8.30. The first-order valence-corrected chi connectivity index (χ1v) is 9.40. The van der Waals surface area contributed by atoms with Crippen molar-refractivity contribution in [1.82, 2.24) is 10.1 Å². The largest absolute Gasteiger partial charge is 0.463 e. The number of furan rings is 1. The number of nitro benzene ring substituents is 1. The zero-order valence-electron chi connectivity index (χ0n) is 16.9. The van der Waals surface area contributed by atoms with Crippen LogP contribution in [0.15, 0.2) is 57.7 Å². The number of pyridine rings is 1. The van der Waals surface area contributed by atoms with Gasteiger partial charge in [0.2, 0.25) is 0 Å². The highest BCUT2D eigenvalue weighted by atomic mass is 16.6. The lowest BCUT2D eigenvalue weighted by Crippen LogP contribution is -2.30. The number of fused-ring (bicyclic) bond motifs is 1. The van der Waals surface area contributed by atoms with Crippen LogP contribution in [0.5, 0.6) is 0 Å². The van der Waals surface area contributed by atoms with Gasteiger partial charge in [0, 0.05) is 17.8 Å². The van der Waals surface area contributed by atoms with Gasteiger partial charge in [-0.15, -0.1) is 0 Å². The SMILES string of the molecule is Cc1noc2nc(-c3ccco3)cc(C(=O)OC(C)C(=O)Nc3cccc([N+](=O)[O-])c3)c12. The lowest BCUT2D eigenvalue weighted by atomic mass is 10.1. The second-order valence-corrected chi connectivity index (χ2v) is 6.82. The average molecular weight is 436 g/mol. The summed E-state index contributed by atoms with van der Waals surface area (Å²) >= 11 is 0. The number of nitrogens with one attached hydrogen (secondary N) is 1. The molecule has 4 rings (SSSR count). The van der Waals surface area contributed by atoms with Crippen LogP contribution < -0.4 is 5.32 Å². The van der Waals surface area contributed by atoms with Gasteiger partial charge in [-0.05, 0) is 38.1 Å². The molecule has 0 aliphatic heterocycles. The first-order valence-electron chi connectivity index (χ1n) is 9.40. The Labute approximate surface area is 180 Å². The van der Waals surface area contributed by atoms with Crippen LogP contribution in [0, 0.1) is 17.0 Å². The van der Waals surface area contributed by atoms with Gasteiger partial charge in [0.15, 0.2) is 11.9 Å². The van der Waals surface area contributed by atoms with Crippen LogP contribution in [0.4, 0.5) is 11.4 Å².